The van der Waals surface area contributed by atoms with Crippen LogP contribution in [0.1, 0.15) is 51.4 Å². The second-order valence-corrected chi connectivity index (χ2v) is 5.83. The van der Waals surface area contributed by atoms with Gasteiger partial charge in [0.15, 0.2) is 0 Å². The molecule has 1 N–H and O–H groups in total. The smallest absolute Gasteiger partial charge is 0.0598 e. The summed E-state index contributed by atoms with van der Waals surface area (Å²) in [6.07, 6.45) is 5.75. The maximum atomic E-state index is 10.1. The van der Waals surface area contributed by atoms with Gasteiger partial charge in [0.2, 0.25) is 0 Å². The van der Waals surface area contributed by atoms with Crippen molar-refractivity contribution in [3.8, 4) is 0 Å². The maximum Gasteiger partial charge on any atom is 0.0598 e. The SMILES string of the molecule is CC(C)=CCC[C@@H](C)CC(O)Cc1cccc(C)n1. The highest BCUT2D eigenvalue weighted by molar-refractivity contribution is 5.10. The van der Waals surface area contributed by atoms with Crippen molar-refractivity contribution in [3.05, 3.63) is 41.2 Å². The van der Waals surface area contributed by atoms with E-state index < -0.39 is 0 Å². The molecule has 1 unspecified atom stereocenters. The summed E-state index contributed by atoms with van der Waals surface area (Å²) in [6.45, 7) is 8.45. The van der Waals surface area contributed by atoms with Crippen LogP contribution in [0, 0.1) is 12.8 Å². The molecule has 0 bridgehead atoms. The van der Waals surface area contributed by atoms with Crippen molar-refractivity contribution in [2.45, 2.75) is 59.5 Å². The van der Waals surface area contributed by atoms with E-state index in [0.29, 0.717) is 12.3 Å². The van der Waals surface area contributed by atoms with E-state index in [4.69, 9.17) is 0 Å². The van der Waals surface area contributed by atoms with Crippen molar-refractivity contribution < 1.29 is 5.11 Å². The van der Waals surface area contributed by atoms with Crippen LogP contribution < -0.4 is 0 Å². The molecule has 2 nitrogen and oxygen atoms in total. The summed E-state index contributed by atoms with van der Waals surface area (Å²) in [5.41, 5.74) is 3.38. The first kappa shape index (κ1) is 15.9. The molecule has 0 aliphatic carbocycles. The highest BCUT2D eigenvalue weighted by Crippen LogP contribution is 2.16. The summed E-state index contributed by atoms with van der Waals surface area (Å²) in [5.74, 6) is 0.551. The van der Waals surface area contributed by atoms with Crippen LogP contribution in [0.3, 0.4) is 0 Å². The Kier molecular flexibility index (Phi) is 6.79. The van der Waals surface area contributed by atoms with E-state index in [1.165, 1.54) is 5.57 Å². The Morgan fingerprint density at radius 3 is 2.74 bits per heavy atom. The first-order valence-electron chi connectivity index (χ1n) is 7.21. The number of aryl methyl sites for hydroxylation is 1. The fraction of sp³-hybridized carbons (Fsp3) is 0.588. The van der Waals surface area contributed by atoms with Gasteiger partial charge < -0.3 is 5.11 Å². The molecule has 0 amide bonds. The van der Waals surface area contributed by atoms with Gasteiger partial charge in [-0.25, -0.2) is 0 Å². The van der Waals surface area contributed by atoms with Gasteiger partial charge in [-0.15, -0.1) is 0 Å². The Labute approximate surface area is 117 Å². The van der Waals surface area contributed by atoms with E-state index in [0.717, 1.165) is 30.7 Å². The molecule has 0 saturated carbocycles. The van der Waals surface area contributed by atoms with Gasteiger partial charge in [0.1, 0.15) is 0 Å². The monoisotopic (exact) mass is 261 g/mol. The highest BCUT2D eigenvalue weighted by atomic mass is 16.3. The first-order chi connectivity index (χ1) is 8.97. The minimum atomic E-state index is -0.281. The van der Waals surface area contributed by atoms with Crippen LogP contribution in [-0.2, 0) is 6.42 Å². The normalized spacial score (nSPS) is 13.9. The van der Waals surface area contributed by atoms with Crippen molar-refractivity contribution in [2.75, 3.05) is 0 Å². The van der Waals surface area contributed by atoms with Gasteiger partial charge in [0.25, 0.3) is 0 Å². The molecular weight excluding hydrogens is 234 g/mol. The topological polar surface area (TPSA) is 33.1 Å². The number of hydrogen-bond acceptors (Lipinski definition) is 2. The molecule has 0 spiro atoms. The zero-order valence-electron chi connectivity index (χ0n) is 12.7. The number of hydrogen-bond donors (Lipinski definition) is 1. The minimum Gasteiger partial charge on any atom is -0.393 e. The lowest BCUT2D eigenvalue weighted by atomic mass is 9.95. The van der Waals surface area contributed by atoms with E-state index in [9.17, 15) is 5.11 Å². The molecule has 1 aromatic heterocycles. The third kappa shape index (κ3) is 7.12. The highest BCUT2D eigenvalue weighted by Gasteiger charge is 2.11. The molecule has 1 aromatic rings. The molecule has 0 aliphatic rings. The van der Waals surface area contributed by atoms with E-state index in [1.807, 2.05) is 25.1 Å². The Hall–Kier alpha value is -1.15. The van der Waals surface area contributed by atoms with Gasteiger partial charge in [0.05, 0.1) is 6.10 Å². The Morgan fingerprint density at radius 1 is 1.37 bits per heavy atom. The van der Waals surface area contributed by atoms with Crippen LogP contribution in [0.2, 0.25) is 0 Å². The zero-order chi connectivity index (χ0) is 14.3. The molecule has 19 heavy (non-hydrogen) atoms. The predicted octanol–water partition coefficient (Wildman–Crippen LogP) is 4.07. The van der Waals surface area contributed by atoms with Gasteiger partial charge in [-0.1, -0.05) is 24.6 Å². The Morgan fingerprint density at radius 2 is 2.11 bits per heavy atom. The van der Waals surface area contributed by atoms with Crippen molar-refractivity contribution in [1.82, 2.24) is 4.98 Å². The number of rotatable bonds is 7. The van der Waals surface area contributed by atoms with Crippen LogP contribution in [0.4, 0.5) is 0 Å². The van der Waals surface area contributed by atoms with Gasteiger partial charge in [-0.3, -0.25) is 4.98 Å². The molecule has 0 aliphatic heterocycles. The fourth-order valence-corrected chi connectivity index (χ4v) is 2.28. The van der Waals surface area contributed by atoms with E-state index in [-0.39, 0.29) is 6.10 Å². The summed E-state index contributed by atoms with van der Waals surface area (Å²) >= 11 is 0. The van der Waals surface area contributed by atoms with Gasteiger partial charge in [-0.2, -0.15) is 0 Å². The Balaban J connectivity index is 2.34. The average Bonchev–Trinajstić information content (AvgIpc) is 2.27. The molecular formula is C17H27NO. The quantitative estimate of drug-likeness (QED) is 0.751. The predicted molar refractivity (Wildman–Crippen MR) is 81.1 cm³/mol. The van der Waals surface area contributed by atoms with Gasteiger partial charge in [-0.05, 0) is 58.1 Å². The number of nitrogens with zero attached hydrogens (tertiary/aromatic N) is 1. The molecule has 0 saturated heterocycles. The van der Waals surface area contributed by atoms with Gasteiger partial charge in [0, 0.05) is 17.8 Å². The average molecular weight is 261 g/mol. The minimum absolute atomic E-state index is 0.281. The van der Waals surface area contributed by atoms with Crippen molar-refractivity contribution in [1.29, 1.82) is 0 Å². The summed E-state index contributed by atoms with van der Waals surface area (Å²) in [5, 5.41) is 10.1. The first-order valence-corrected chi connectivity index (χ1v) is 7.21. The lowest BCUT2D eigenvalue weighted by molar-refractivity contribution is 0.143. The summed E-state index contributed by atoms with van der Waals surface area (Å²) in [4.78, 5) is 4.44. The second kappa shape index (κ2) is 8.11. The molecule has 0 aromatic carbocycles. The number of aliphatic hydroxyl groups is 1. The largest absolute Gasteiger partial charge is 0.393 e. The fourth-order valence-electron chi connectivity index (χ4n) is 2.28. The number of pyridine rings is 1. The van der Waals surface area contributed by atoms with Gasteiger partial charge >= 0.3 is 0 Å². The zero-order valence-corrected chi connectivity index (χ0v) is 12.7. The van der Waals surface area contributed by atoms with Crippen molar-refractivity contribution >= 4 is 0 Å². The summed E-state index contributed by atoms with van der Waals surface area (Å²) < 4.78 is 0. The molecule has 2 heteroatoms. The van der Waals surface area contributed by atoms with Crippen LogP contribution >= 0.6 is 0 Å². The van der Waals surface area contributed by atoms with Crippen LogP contribution in [0.5, 0.6) is 0 Å². The number of aromatic nitrogens is 1. The van der Waals surface area contributed by atoms with Crippen molar-refractivity contribution in [3.63, 3.8) is 0 Å². The molecule has 106 valence electrons. The summed E-state index contributed by atoms with van der Waals surface area (Å²) in [6, 6.07) is 5.98. The third-order valence-electron chi connectivity index (χ3n) is 3.28. The van der Waals surface area contributed by atoms with E-state index in [1.54, 1.807) is 0 Å². The van der Waals surface area contributed by atoms with Crippen LogP contribution in [-0.4, -0.2) is 16.2 Å². The van der Waals surface area contributed by atoms with Crippen LogP contribution in [0.25, 0.3) is 0 Å². The summed E-state index contributed by atoms with van der Waals surface area (Å²) in [7, 11) is 0. The second-order valence-electron chi connectivity index (χ2n) is 5.83. The lowest BCUT2D eigenvalue weighted by Crippen LogP contribution is -2.15. The van der Waals surface area contributed by atoms with Crippen molar-refractivity contribution in [2.24, 2.45) is 5.92 Å². The van der Waals surface area contributed by atoms with Crippen LogP contribution in [0.15, 0.2) is 29.8 Å². The molecule has 1 heterocycles. The molecule has 0 radical (unpaired) electrons. The third-order valence-corrected chi connectivity index (χ3v) is 3.28. The molecule has 2 atom stereocenters. The lowest BCUT2D eigenvalue weighted by Gasteiger charge is -2.15. The maximum absolute atomic E-state index is 10.1. The number of aliphatic hydroxyl groups excluding tert-OH is 1. The molecule has 0 fully saturated rings. The van der Waals surface area contributed by atoms with E-state index >= 15 is 0 Å². The standard InChI is InChI=1S/C17H27NO/c1-13(2)7-5-8-14(3)11-17(19)12-16-10-6-9-15(4)18-16/h6-7,9-10,14,17,19H,5,8,11-12H2,1-4H3/t14-,17?/m1/s1. The Bertz CT molecular complexity index is 407. The molecule has 1 rings (SSSR count). The van der Waals surface area contributed by atoms with E-state index in [2.05, 4.69) is 31.8 Å². The number of allylic oxidation sites excluding steroid dienone is 2.